The third kappa shape index (κ3) is 1.43. The highest BCUT2D eigenvalue weighted by atomic mass is 16.5. The average molecular weight is 203 g/mol. The fourth-order valence-electron chi connectivity index (χ4n) is 2.46. The van der Waals surface area contributed by atoms with Crippen molar-refractivity contribution < 1.29 is 9.53 Å². The maximum Gasteiger partial charge on any atom is 0.150 e. The van der Waals surface area contributed by atoms with E-state index in [-0.39, 0.29) is 0 Å². The Morgan fingerprint density at radius 1 is 1.33 bits per heavy atom. The van der Waals surface area contributed by atoms with Crippen molar-refractivity contribution in [1.82, 2.24) is 0 Å². The number of carbonyl (C=O) groups is 1. The van der Waals surface area contributed by atoms with Crippen LogP contribution in [0.25, 0.3) is 0 Å². The van der Waals surface area contributed by atoms with E-state index < -0.39 is 0 Å². The Morgan fingerprint density at radius 3 is 2.67 bits per heavy atom. The molecule has 3 heteroatoms. The first-order chi connectivity index (χ1) is 7.36. The SMILES string of the molecule is O=Cc1ccc(N2CC3CC2CO3)cc1. The molecule has 0 aliphatic carbocycles. The van der Waals surface area contributed by atoms with Gasteiger partial charge in [0.15, 0.2) is 0 Å². The Morgan fingerprint density at radius 2 is 2.13 bits per heavy atom. The van der Waals surface area contributed by atoms with Gasteiger partial charge in [0.25, 0.3) is 0 Å². The molecule has 3 rings (SSSR count). The second-order valence-electron chi connectivity index (χ2n) is 4.21. The fourth-order valence-corrected chi connectivity index (χ4v) is 2.46. The quantitative estimate of drug-likeness (QED) is 0.682. The van der Waals surface area contributed by atoms with Crippen LogP contribution < -0.4 is 4.90 Å². The zero-order valence-corrected chi connectivity index (χ0v) is 8.43. The minimum absolute atomic E-state index is 0.417. The van der Waals surface area contributed by atoms with Gasteiger partial charge in [-0.25, -0.2) is 0 Å². The number of hydrogen-bond donors (Lipinski definition) is 0. The number of morpholine rings is 1. The predicted octanol–water partition coefficient (Wildman–Crippen LogP) is 1.48. The van der Waals surface area contributed by atoms with Gasteiger partial charge in [0.05, 0.1) is 18.8 Å². The van der Waals surface area contributed by atoms with E-state index in [1.165, 1.54) is 5.69 Å². The predicted molar refractivity (Wildman–Crippen MR) is 57.3 cm³/mol. The van der Waals surface area contributed by atoms with Crippen LogP contribution in [0.5, 0.6) is 0 Å². The molecule has 0 aromatic heterocycles. The van der Waals surface area contributed by atoms with Crippen LogP contribution in [0.15, 0.2) is 24.3 Å². The summed E-state index contributed by atoms with van der Waals surface area (Å²) in [5.41, 5.74) is 1.94. The number of carbonyl (C=O) groups excluding carboxylic acids is 1. The van der Waals surface area contributed by atoms with Crippen molar-refractivity contribution in [3.05, 3.63) is 29.8 Å². The Labute approximate surface area is 88.6 Å². The molecule has 2 fully saturated rings. The van der Waals surface area contributed by atoms with Crippen molar-refractivity contribution >= 4 is 12.0 Å². The third-order valence-electron chi connectivity index (χ3n) is 3.26. The number of nitrogens with zero attached hydrogens (tertiary/aromatic N) is 1. The van der Waals surface area contributed by atoms with Gasteiger partial charge in [-0.3, -0.25) is 4.79 Å². The van der Waals surface area contributed by atoms with E-state index in [9.17, 15) is 4.79 Å². The monoisotopic (exact) mass is 203 g/mol. The molecule has 0 spiro atoms. The van der Waals surface area contributed by atoms with Gasteiger partial charge in [0, 0.05) is 17.8 Å². The van der Waals surface area contributed by atoms with E-state index in [0.717, 1.165) is 31.4 Å². The largest absolute Gasteiger partial charge is 0.374 e. The van der Waals surface area contributed by atoms with Gasteiger partial charge < -0.3 is 9.64 Å². The molecule has 15 heavy (non-hydrogen) atoms. The summed E-state index contributed by atoms with van der Waals surface area (Å²) in [7, 11) is 0. The first-order valence-electron chi connectivity index (χ1n) is 5.30. The molecular weight excluding hydrogens is 190 g/mol. The summed E-state index contributed by atoms with van der Waals surface area (Å²) in [6.07, 6.45) is 2.44. The maximum absolute atomic E-state index is 10.5. The van der Waals surface area contributed by atoms with E-state index >= 15 is 0 Å². The lowest BCUT2D eigenvalue weighted by Crippen LogP contribution is -2.36. The molecule has 0 saturated carbocycles. The number of fused-ring (bicyclic) bond motifs is 2. The topological polar surface area (TPSA) is 29.5 Å². The van der Waals surface area contributed by atoms with Gasteiger partial charge in [0.2, 0.25) is 0 Å². The van der Waals surface area contributed by atoms with Crippen molar-refractivity contribution in [3.8, 4) is 0 Å². The fraction of sp³-hybridized carbons (Fsp3) is 0.417. The van der Waals surface area contributed by atoms with Crippen molar-refractivity contribution in [1.29, 1.82) is 0 Å². The summed E-state index contributed by atoms with van der Waals surface area (Å²) in [5.74, 6) is 0. The van der Waals surface area contributed by atoms with Gasteiger partial charge in [-0.2, -0.15) is 0 Å². The Kier molecular flexibility index (Phi) is 1.99. The summed E-state index contributed by atoms with van der Waals surface area (Å²) in [6.45, 7) is 1.84. The van der Waals surface area contributed by atoms with E-state index in [0.29, 0.717) is 12.1 Å². The molecule has 0 amide bonds. The van der Waals surface area contributed by atoms with Crippen LogP contribution in [-0.2, 0) is 4.74 Å². The summed E-state index contributed by atoms with van der Waals surface area (Å²) < 4.78 is 5.55. The molecule has 2 aliphatic rings. The lowest BCUT2D eigenvalue weighted by molar-refractivity contribution is 0.0991. The number of benzene rings is 1. The minimum Gasteiger partial charge on any atom is -0.374 e. The smallest absolute Gasteiger partial charge is 0.150 e. The first kappa shape index (κ1) is 8.92. The lowest BCUT2D eigenvalue weighted by atomic mass is 10.2. The number of rotatable bonds is 2. The Balaban J connectivity index is 1.84. The van der Waals surface area contributed by atoms with Crippen LogP contribution in [0.4, 0.5) is 5.69 Å². The molecule has 2 bridgehead atoms. The average Bonchev–Trinajstić information content (AvgIpc) is 2.91. The summed E-state index contributed by atoms with van der Waals surface area (Å²) in [4.78, 5) is 12.9. The number of anilines is 1. The molecule has 3 nitrogen and oxygen atoms in total. The van der Waals surface area contributed by atoms with Crippen LogP contribution in [0, 0.1) is 0 Å². The molecule has 78 valence electrons. The molecule has 1 aromatic rings. The second kappa shape index (κ2) is 3.35. The zero-order chi connectivity index (χ0) is 10.3. The molecule has 0 N–H and O–H groups in total. The van der Waals surface area contributed by atoms with Crippen LogP contribution in [-0.4, -0.2) is 31.6 Å². The summed E-state index contributed by atoms with van der Waals surface area (Å²) >= 11 is 0. The number of ether oxygens (including phenoxy) is 1. The number of aldehydes is 1. The number of hydrogen-bond acceptors (Lipinski definition) is 3. The van der Waals surface area contributed by atoms with E-state index in [1.54, 1.807) is 0 Å². The van der Waals surface area contributed by atoms with Crippen LogP contribution in [0.1, 0.15) is 16.8 Å². The highest BCUT2D eigenvalue weighted by molar-refractivity contribution is 5.75. The van der Waals surface area contributed by atoms with Gasteiger partial charge in [-0.1, -0.05) is 0 Å². The van der Waals surface area contributed by atoms with E-state index in [4.69, 9.17) is 4.74 Å². The summed E-state index contributed by atoms with van der Waals surface area (Å²) in [5, 5.41) is 0. The normalized spacial score (nSPS) is 28.4. The standard InChI is InChI=1S/C12H13NO2/c14-7-9-1-3-10(4-2-9)13-6-12-5-11(13)8-15-12/h1-4,7,11-12H,5-6,8H2. The Hall–Kier alpha value is -1.35. The second-order valence-corrected chi connectivity index (χ2v) is 4.21. The third-order valence-corrected chi connectivity index (χ3v) is 3.26. The van der Waals surface area contributed by atoms with Crippen LogP contribution in [0.2, 0.25) is 0 Å². The van der Waals surface area contributed by atoms with Crippen molar-refractivity contribution in [2.45, 2.75) is 18.6 Å². The Bertz CT molecular complexity index is 374. The molecular formula is C12H13NO2. The molecule has 2 atom stereocenters. The molecule has 2 heterocycles. The molecule has 0 radical (unpaired) electrons. The van der Waals surface area contributed by atoms with Gasteiger partial charge in [-0.05, 0) is 30.7 Å². The summed E-state index contributed by atoms with van der Waals surface area (Å²) in [6, 6.07) is 8.32. The van der Waals surface area contributed by atoms with Crippen molar-refractivity contribution in [2.75, 3.05) is 18.1 Å². The molecule has 1 aromatic carbocycles. The molecule has 2 saturated heterocycles. The maximum atomic E-state index is 10.5. The van der Waals surface area contributed by atoms with Crippen LogP contribution in [0.3, 0.4) is 0 Å². The first-order valence-corrected chi connectivity index (χ1v) is 5.30. The van der Waals surface area contributed by atoms with E-state index in [2.05, 4.69) is 4.90 Å². The van der Waals surface area contributed by atoms with Crippen molar-refractivity contribution in [2.24, 2.45) is 0 Å². The highest BCUT2D eigenvalue weighted by Gasteiger charge is 2.38. The highest BCUT2D eigenvalue weighted by Crippen LogP contribution is 2.32. The van der Waals surface area contributed by atoms with Crippen molar-refractivity contribution in [3.63, 3.8) is 0 Å². The van der Waals surface area contributed by atoms with Crippen LogP contribution >= 0.6 is 0 Å². The lowest BCUT2D eigenvalue weighted by Gasteiger charge is -2.28. The van der Waals surface area contributed by atoms with E-state index in [1.807, 2.05) is 24.3 Å². The molecule has 2 unspecified atom stereocenters. The minimum atomic E-state index is 0.417. The van der Waals surface area contributed by atoms with Gasteiger partial charge in [0.1, 0.15) is 6.29 Å². The molecule has 2 aliphatic heterocycles. The van der Waals surface area contributed by atoms with Gasteiger partial charge in [-0.15, -0.1) is 0 Å². The van der Waals surface area contributed by atoms with Gasteiger partial charge >= 0.3 is 0 Å². The zero-order valence-electron chi connectivity index (χ0n) is 8.43.